The Balaban J connectivity index is 1.90. The molecule has 2 heterocycles. The molecule has 1 N–H and O–H groups in total. The lowest BCUT2D eigenvalue weighted by Gasteiger charge is -2.05. The van der Waals surface area contributed by atoms with Gasteiger partial charge in [-0.3, -0.25) is 0 Å². The maximum absolute atomic E-state index is 4.37. The van der Waals surface area contributed by atoms with Crippen LogP contribution in [0.25, 0.3) is 0 Å². The molecule has 0 fully saturated rings. The second kappa shape index (κ2) is 5.92. The van der Waals surface area contributed by atoms with Gasteiger partial charge in [0.25, 0.3) is 0 Å². The third-order valence-corrected chi connectivity index (χ3v) is 3.66. The first-order chi connectivity index (χ1) is 7.88. The summed E-state index contributed by atoms with van der Waals surface area (Å²) >= 11 is 3.49. The van der Waals surface area contributed by atoms with Crippen molar-refractivity contribution in [2.24, 2.45) is 0 Å². The first-order valence-electron chi connectivity index (χ1n) is 5.22. The van der Waals surface area contributed by atoms with Gasteiger partial charge in [0.05, 0.1) is 16.9 Å². The van der Waals surface area contributed by atoms with Gasteiger partial charge in [-0.15, -0.1) is 11.8 Å². The van der Waals surface area contributed by atoms with Crippen LogP contribution in [0.2, 0.25) is 0 Å². The molecule has 0 bridgehead atoms. The topological polar surface area (TPSA) is 24.9 Å². The molecule has 0 spiro atoms. The minimum atomic E-state index is 0.867. The van der Waals surface area contributed by atoms with Crippen LogP contribution in [0.1, 0.15) is 12.5 Å². The van der Waals surface area contributed by atoms with E-state index in [9.17, 15) is 0 Å². The van der Waals surface area contributed by atoms with Gasteiger partial charge >= 0.3 is 0 Å². The lowest BCUT2D eigenvalue weighted by Crippen LogP contribution is -1.98. The van der Waals surface area contributed by atoms with Crippen LogP contribution in [0.3, 0.4) is 0 Å². The summed E-state index contributed by atoms with van der Waals surface area (Å²) in [5, 5.41) is 8.69. The molecule has 0 radical (unpaired) electrons. The molecule has 4 heteroatoms. The molecule has 0 aromatic carbocycles. The monoisotopic (exact) mass is 250 g/mol. The molecule has 2 aromatic heterocycles. The molecule has 2 rings (SSSR count). The highest BCUT2D eigenvalue weighted by atomic mass is 32.2. The van der Waals surface area contributed by atoms with Gasteiger partial charge in [-0.25, -0.2) is 4.98 Å². The van der Waals surface area contributed by atoms with Gasteiger partial charge in [0.15, 0.2) is 0 Å². The smallest absolute Gasteiger partial charge is 0.0961 e. The summed E-state index contributed by atoms with van der Waals surface area (Å²) in [5.41, 5.74) is 2.39. The summed E-state index contributed by atoms with van der Waals surface area (Å²) in [4.78, 5) is 4.37. The zero-order valence-electron chi connectivity index (χ0n) is 9.14. The number of rotatable bonds is 5. The Kier molecular flexibility index (Phi) is 4.25. The van der Waals surface area contributed by atoms with Crippen LogP contribution in [0, 0.1) is 0 Å². The molecule has 0 aliphatic heterocycles. The highest BCUT2D eigenvalue weighted by Gasteiger charge is 1.96. The Labute approximate surface area is 104 Å². The van der Waals surface area contributed by atoms with Crippen LogP contribution >= 0.6 is 23.1 Å². The molecule has 0 aliphatic carbocycles. The van der Waals surface area contributed by atoms with Crippen LogP contribution in [-0.4, -0.2) is 10.7 Å². The Morgan fingerprint density at radius 1 is 1.38 bits per heavy atom. The normalized spacial score (nSPS) is 10.3. The zero-order valence-corrected chi connectivity index (χ0v) is 10.8. The van der Waals surface area contributed by atoms with Crippen LogP contribution in [0.4, 0.5) is 5.69 Å². The van der Waals surface area contributed by atoms with Crippen molar-refractivity contribution in [3.8, 4) is 0 Å². The highest BCUT2D eigenvalue weighted by molar-refractivity contribution is 7.99. The molecule has 0 amide bonds. The number of thiophene rings is 1. The fourth-order valence-corrected chi connectivity index (χ4v) is 2.57. The van der Waals surface area contributed by atoms with Crippen molar-refractivity contribution in [2.45, 2.75) is 18.5 Å². The van der Waals surface area contributed by atoms with E-state index in [-0.39, 0.29) is 0 Å². The minimum absolute atomic E-state index is 0.867. The number of hydrogen-bond acceptors (Lipinski definition) is 4. The highest BCUT2D eigenvalue weighted by Crippen LogP contribution is 2.17. The number of anilines is 1. The number of aromatic nitrogens is 1. The van der Waals surface area contributed by atoms with Gasteiger partial charge in [-0.1, -0.05) is 6.92 Å². The van der Waals surface area contributed by atoms with E-state index >= 15 is 0 Å². The van der Waals surface area contributed by atoms with Crippen molar-refractivity contribution in [3.05, 3.63) is 40.7 Å². The van der Waals surface area contributed by atoms with Crippen LogP contribution in [-0.2, 0) is 6.54 Å². The summed E-state index contributed by atoms with van der Waals surface area (Å²) in [6.07, 6.45) is 1.89. The van der Waals surface area contributed by atoms with E-state index in [0.717, 1.165) is 23.0 Å². The van der Waals surface area contributed by atoms with Gasteiger partial charge in [0.1, 0.15) is 0 Å². The molecule has 0 aliphatic rings. The molecular weight excluding hydrogens is 236 g/mol. The molecular formula is C12H14N2S2. The quantitative estimate of drug-likeness (QED) is 0.815. The van der Waals surface area contributed by atoms with Crippen LogP contribution in [0.5, 0.6) is 0 Å². The fraction of sp³-hybridized carbons (Fsp3) is 0.250. The molecule has 0 saturated carbocycles. The maximum Gasteiger partial charge on any atom is 0.0961 e. The van der Waals surface area contributed by atoms with E-state index in [1.54, 1.807) is 23.1 Å². The first-order valence-corrected chi connectivity index (χ1v) is 7.15. The lowest BCUT2D eigenvalue weighted by atomic mass is 10.3. The molecule has 0 unspecified atom stereocenters. The van der Waals surface area contributed by atoms with Crippen LogP contribution < -0.4 is 5.32 Å². The molecule has 2 aromatic rings. The fourth-order valence-electron chi connectivity index (χ4n) is 1.32. The Morgan fingerprint density at radius 3 is 2.94 bits per heavy atom. The van der Waals surface area contributed by atoms with Crippen molar-refractivity contribution in [2.75, 3.05) is 11.1 Å². The van der Waals surface area contributed by atoms with Gasteiger partial charge in [0.2, 0.25) is 0 Å². The Hall–Kier alpha value is -1.00. The summed E-state index contributed by atoms with van der Waals surface area (Å²) in [6, 6.07) is 6.27. The average molecular weight is 250 g/mol. The van der Waals surface area contributed by atoms with Gasteiger partial charge in [-0.05, 0) is 40.3 Å². The largest absolute Gasteiger partial charge is 0.380 e. The molecule has 0 atom stereocenters. The Bertz CT molecular complexity index is 409. The number of nitrogens with zero attached hydrogens (tertiary/aromatic N) is 1. The number of thioether (sulfide) groups is 1. The average Bonchev–Trinajstić information content (AvgIpc) is 2.82. The summed E-state index contributed by atoms with van der Waals surface area (Å²) in [5.74, 6) is 1.06. The second-order valence-corrected chi connectivity index (χ2v) is 5.37. The van der Waals surface area contributed by atoms with Crippen LogP contribution in [0.15, 0.2) is 40.2 Å². The van der Waals surface area contributed by atoms with E-state index < -0.39 is 0 Å². The van der Waals surface area contributed by atoms with Crippen molar-refractivity contribution in [1.82, 2.24) is 4.98 Å². The molecule has 84 valence electrons. The third-order valence-electron chi connectivity index (χ3n) is 2.11. The van der Waals surface area contributed by atoms with Crippen molar-refractivity contribution >= 4 is 28.8 Å². The van der Waals surface area contributed by atoms with E-state index in [1.807, 2.05) is 6.20 Å². The molecule has 16 heavy (non-hydrogen) atoms. The number of pyridine rings is 1. The SMILES string of the molecule is CCSc1ccc(NCc2ccsc2)cn1. The van der Waals surface area contributed by atoms with Crippen molar-refractivity contribution in [1.29, 1.82) is 0 Å². The zero-order chi connectivity index (χ0) is 11.2. The third kappa shape index (κ3) is 3.25. The number of hydrogen-bond donors (Lipinski definition) is 1. The van der Waals surface area contributed by atoms with Crippen molar-refractivity contribution in [3.63, 3.8) is 0 Å². The first kappa shape index (κ1) is 11.5. The number of nitrogens with one attached hydrogen (secondary N) is 1. The molecule has 0 saturated heterocycles. The maximum atomic E-state index is 4.37. The van der Waals surface area contributed by atoms with E-state index in [4.69, 9.17) is 0 Å². The van der Waals surface area contributed by atoms with Gasteiger partial charge in [0, 0.05) is 6.54 Å². The predicted octanol–water partition coefficient (Wildman–Crippen LogP) is 3.87. The molecule has 2 nitrogen and oxygen atoms in total. The van der Waals surface area contributed by atoms with Gasteiger partial charge < -0.3 is 5.32 Å². The minimum Gasteiger partial charge on any atom is -0.380 e. The summed E-state index contributed by atoms with van der Waals surface area (Å²) in [6.45, 7) is 3.00. The standard InChI is InChI=1S/C12H14N2S2/c1-2-16-12-4-3-11(8-14-12)13-7-10-5-6-15-9-10/h3-6,8-9,13H,2,7H2,1H3. The second-order valence-electron chi connectivity index (χ2n) is 3.30. The lowest BCUT2D eigenvalue weighted by molar-refractivity contribution is 1.10. The van der Waals surface area contributed by atoms with Crippen molar-refractivity contribution < 1.29 is 0 Å². The van der Waals surface area contributed by atoms with E-state index in [0.29, 0.717) is 0 Å². The van der Waals surface area contributed by atoms with Gasteiger partial charge in [-0.2, -0.15) is 11.3 Å². The predicted molar refractivity (Wildman–Crippen MR) is 72.3 cm³/mol. The van der Waals surface area contributed by atoms with E-state index in [2.05, 4.69) is 46.2 Å². The van der Waals surface area contributed by atoms with E-state index in [1.165, 1.54) is 5.56 Å². The summed E-state index contributed by atoms with van der Waals surface area (Å²) in [7, 11) is 0. The summed E-state index contributed by atoms with van der Waals surface area (Å²) < 4.78 is 0. The Morgan fingerprint density at radius 2 is 2.31 bits per heavy atom.